The molecule has 1 amide bonds. The van der Waals surface area contributed by atoms with Crippen molar-refractivity contribution < 1.29 is 9.18 Å². The zero-order valence-corrected chi connectivity index (χ0v) is 18.1. The van der Waals surface area contributed by atoms with E-state index < -0.39 is 5.69 Å². The predicted molar refractivity (Wildman–Crippen MR) is 123 cm³/mol. The number of fused-ring (bicyclic) bond motifs is 1. The van der Waals surface area contributed by atoms with Crippen molar-refractivity contribution in [3.8, 4) is 0 Å². The molecule has 0 aliphatic carbocycles. The third-order valence-corrected chi connectivity index (χ3v) is 6.10. The lowest BCUT2D eigenvalue weighted by Crippen LogP contribution is -2.40. The summed E-state index contributed by atoms with van der Waals surface area (Å²) in [6, 6.07) is 17.3. The number of halogens is 1. The summed E-state index contributed by atoms with van der Waals surface area (Å²) < 4.78 is 16.4. The number of benzene rings is 2. The van der Waals surface area contributed by atoms with Crippen LogP contribution in [0.25, 0.3) is 10.2 Å². The number of carbonyl (C=O) groups is 1. The minimum absolute atomic E-state index is 0.134. The molecular formula is C24H22FN3O3S. The van der Waals surface area contributed by atoms with Crippen LogP contribution in [0.4, 0.5) is 4.39 Å². The van der Waals surface area contributed by atoms with E-state index in [1.165, 1.54) is 32.6 Å². The lowest BCUT2D eigenvalue weighted by molar-refractivity contribution is -0.121. The molecule has 4 aromatic rings. The maximum absolute atomic E-state index is 13.2. The minimum Gasteiger partial charge on any atom is -0.352 e. The van der Waals surface area contributed by atoms with Gasteiger partial charge in [-0.05, 0) is 41.1 Å². The number of aromatic nitrogens is 2. The normalized spacial score (nSPS) is 11.0. The molecule has 2 aromatic heterocycles. The molecule has 32 heavy (non-hydrogen) atoms. The highest BCUT2D eigenvalue weighted by Gasteiger charge is 2.15. The first-order valence-corrected chi connectivity index (χ1v) is 11.2. The third kappa shape index (κ3) is 4.86. The number of amides is 1. The Morgan fingerprint density at radius 3 is 2.44 bits per heavy atom. The maximum atomic E-state index is 13.2. The maximum Gasteiger partial charge on any atom is 0.331 e. The van der Waals surface area contributed by atoms with Crippen molar-refractivity contribution in [2.45, 2.75) is 32.5 Å². The molecule has 164 valence electrons. The molecule has 4 rings (SSSR count). The fourth-order valence-electron chi connectivity index (χ4n) is 3.54. The third-order valence-electron chi connectivity index (χ3n) is 5.21. The van der Waals surface area contributed by atoms with Crippen LogP contribution in [0.2, 0.25) is 0 Å². The van der Waals surface area contributed by atoms with E-state index in [4.69, 9.17) is 0 Å². The van der Waals surface area contributed by atoms with E-state index in [1.807, 2.05) is 30.3 Å². The van der Waals surface area contributed by atoms with E-state index in [0.717, 1.165) is 11.1 Å². The van der Waals surface area contributed by atoms with Crippen LogP contribution < -0.4 is 16.6 Å². The van der Waals surface area contributed by atoms with Crippen molar-refractivity contribution in [3.63, 3.8) is 0 Å². The molecule has 6 nitrogen and oxygen atoms in total. The quantitative estimate of drug-likeness (QED) is 0.446. The SMILES string of the molecule is O=C(CCCn1c(=O)c2sccc2n(Cc2ccc(F)cc2)c1=O)NCc1ccccc1. The fourth-order valence-corrected chi connectivity index (χ4v) is 4.38. The van der Waals surface area contributed by atoms with Gasteiger partial charge in [-0.3, -0.25) is 18.7 Å². The molecule has 2 aromatic carbocycles. The van der Waals surface area contributed by atoms with Crippen LogP contribution in [-0.4, -0.2) is 15.0 Å². The summed E-state index contributed by atoms with van der Waals surface area (Å²) in [5.74, 6) is -0.483. The highest BCUT2D eigenvalue weighted by atomic mass is 32.1. The second-order valence-electron chi connectivity index (χ2n) is 7.45. The number of hydrogen-bond acceptors (Lipinski definition) is 4. The smallest absolute Gasteiger partial charge is 0.331 e. The van der Waals surface area contributed by atoms with Gasteiger partial charge in [0.1, 0.15) is 10.5 Å². The average Bonchev–Trinajstić information content (AvgIpc) is 3.29. The molecule has 2 heterocycles. The second kappa shape index (κ2) is 9.74. The summed E-state index contributed by atoms with van der Waals surface area (Å²) in [7, 11) is 0. The van der Waals surface area contributed by atoms with Crippen molar-refractivity contribution in [1.29, 1.82) is 0 Å². The van der Waals surface area contributed by atoms with Crippen molar-refractivity contribution in [2.24, 2.45) is 0 Å². The van der Waals surface area contributed by atoms with Gasteiger partial charge in [0.15, 0.2) is 0 Å². The number of nitrogens with one attached hydrogen (secondary N) is 1. The number of rotatable bonds is 8. The number of nitrogens with zero attached hydrogens (tertiary/aromatic N) is 2. The summed E-state index contributed by atoms with van der Waals surface area (Å²) in [6.45, 7) is 0.809. The molecule has 0 radical (unpaired) electrons. The highest BCUT2D eigenvalue weighted by Crippen LogP contribution is 2.17. The molecule has 0 spiro atoms. The van der Waals surface area contributed by atoms with Crippen molar-refractivity contribution in [1.82, 2.24) is 14.5 Å². The summed E-state index contributed by atoms with van der Waals surface area (Å²) in [6.07, 6.45) is 0.572. The summed E-state index contributed by atoms with van der Waals surface area (Å²) >= 11 is 1.28. The molecule has 1 N–H and O–H groups in total. The van der Waals surface area contributed by atoms with E-state index in [9.17, 15) is 18.8 Å². The Morgan fingerprint density at radius 1 is 0.938 bits per heavy atom. The second-order valence-corrected chi connectivity index (χ2v) is 8.37. The van der Waals surface area contributed by atoms with Crippen molar-refractivity contribution >= 4 is 27.5 Å². The van der Waals surface area contributed by atoms with Crippen LogP contribution in [0, 0.1) is 5.82 Å². The fraction of sp³-hybridized carbons (Fsp3) is 0.208. The summed E-state index contributed by atoms with van der Waals surface area (Å²) in [4.78, 5) is 38.1. The van der Waals surface area contributed by atoms with Gasteiger partial charge in [-0.15, -0.1) is 11.3 Å². The summed E-state index contributed by atoms with van der Waals surface area (Å²) in [5.41, 5.74) is 1.54. The molecule has 0 atom stereocenters. The predicted octanol–water partition coefficient (Wildman–Crippen LogP) is 3.51. The first kappa shape index (κ1) is 21.7. The van der Waals surface area contributed by atoms with Crippen LogP contribution in [-0.2, 0) is 24.4 Å². The minimum atomic E-state index is -0.435. The van der Waals surface area contributed by atoms with Gasteiger partial charge in [0, 0.05) is 19.5 Å². The monoisotopic (exact) mass is 451 g/mol. The van der Waals surface area contributed by atoms with Gasteiger partial charge in [0.2, 0.25) is 5.91 Å². The van der Waals surface area contributed by atoms with Gasteiger partial charge >= 0.3 is 5.69 Å². The van der Waals surface area contributed by atoms with Gasteiger partial charge < -0.3 is 5.32 Å². The molecule has 0 fully saturated rings. The Morgan fingerprint density at radius 2 is 1.69 bits per heavy atom. The molecule has 0 saturated carbocycles. The average molecular weight is 452 g/mol. The molecule has 0 saturated heterocycles. The van der Waals surface area contributed by atoms with Crippen LogP contribution in [0.1, 0.15) is 24.0 Å². The van der Waals surface area contributed by atoms with Crippen LogP contribution in [0.5, 0.6) is 0 Å². The van der Waals surface area contributed by atoms with Gasteiger partial charge in [0.05, 0.1) is 12.1 Å². The number of thiophene rings is 1. The Bertz CT molecular complexity index is 1340. The molecule has 0 unspecified atom stereocenters. The molecule has 0 aliphatic rings. The van der Waals surface area contributed by atoms with Crippen LogP contribution in [0.15, 0.2) is 75.6 Å². The first-order chi connectivity index (χ1) is 15.5. The zero-order valence-electron chi connectivity index (χ0n) is 17.3. The zero-order chi connectivity index (χ0) is 22.5. The van der Waals surface area contributed by atoms with E-state index >= 15 is 0 Å². The molecular weight excluding hydrogens is 429 g/mol. The lowest BCUT2D eigenvalue weighted by Gasteiger charge is -2.12. The molecule has 0 bridgehead atoms. The van der Waals surface area contributed by atoms with E-state index in [0.29, 0.717) is 23.2 Å². The first-order valence-electron chi connectivity index (χ1n) is 10.3. The standard InChI is InChI=1S/C24H22FN3O3S/c25-19-10-8-18(9-11-19)16-28-20-12-14-32-22(20)23(30)27(24(28)31)13-4-7-21(29)26-15-17-5-2-1-3-6-17/h1-3,5-6,8-12,14H,4,7,13,15-16H2,(H,26,29). The topological polar surface area (TPSA) is 73.1 Å². The molecule has 8 heteroatoms. The Hall–Kier alpha value is -3.52. The number of carbonyl (C=O) groups excluding carboxylic acids is 1. The Balaban J connectivity index is 1.48. The Kier molecular flexibility index (Phi) is 6.61. The van der Waals surface area contributed by atoms with Crippen LogP contribution >= 0.6 is 11.3 Å². The van der Waals surface area contributed by atoms with Gasteiger partial charge in [-0.25, -0.2) is 9.18 Å². The lowest BCUT2D eigenvalue weighted by atomic mass is 10.2. The number of hydrogen-bond donors (Lipinski definition) is 1. The van der Waals surface area contributed by atoms with E-state index in [2.05, 4.69) is 5.32 Å². The van der Waals surface area contributed by atoms with Crippen molar-refractivity contribution in [2.75, 3.05) is 0 Å². The van der Waals surface area contributed by atoms with Gasteiger partial charge in [0.25, 0.3) is 5.56 Å². The van der Waals surface area contributed by atoms with Crippen LogP contribution in [0.3, 0.4) is 0 Å². The Labute approximate surface area is 187 Å². The van der Waals surface area contributed by atoms with E-state index in [1.54, 1.807) is 23.6 Å². The van der Waals surface area contributed by atoms with Crippen molar-refractivity contribution in [3.05, 3.63) is 104 Å². The molecule has 0 aliphatic heterocycles. The van der Waals surface area contributed by atoms with E-state index in [-0.39, 0.29) is 36.8 Å². The highest BCUT2D eigenvalue weighted by molar-refractivity contribution is 7.17. The van der Waals surface area contributed by atoms with Gasteiger partial charge in [-0.2, -0.15) is 0 Å². The van der Waals surface area contributed by atoms with Gasteiger partial charge in [-0.1, -0.05) is 42.5 Å². The summed E-state index contributed by atoms with van der Waals surface area (Å²) in [5, 5.41) is 4.62. The largest absolute Gasteiger partial charge is 0.352 e.